The highest BCUT2D eigenvalue weighted by atomic mass is 35.5. The van der Waals surface area contributed by atoms with Crippen molar-refractivity contribution in [1.29, 1.82) is 0 Å². The van der Waals surface area contributed by atoms with E-state index in [4.69, 9.17) is 16.3 Å². The number of hydrogen-bond acceptors (Lipinski definition) is 5. The molecule has 0 fully saturated rings. The molecule has 1 rings (SSSR count). The van der Waals surface area contributed by atoms with Crippen LogP contribution in [0.4, 0.5) is 0 Å². The lowest BCUT2D eigenvalue weighted by Crippen LogP contribution is -2.34. The lowest BCUT2D eigenvalue weighted by molar-refractivity contribution is -0.165. The van der Waals surface area contributed by atoms with Crippen LogP contribution in [0.1, 0.15) is 30.6 Å². The van der Waals surface area contributed by atoms with E-state index in [2.05, 4.69) is 4.84 Å². The van der Waals surface area contributed by atoms with Gasteiger partial charge in [-0.15, -0.1) is 0 Å². The average molecular weight is 314 g/mol. The number of halogens is 1. The Kier molecular flexibility index (Phi) is 6.68. The van der Waals surface area contributed by atoms with Crippen LogP contribution in [-0.2, 0) is 19.2 Å². The predicted molar refractivity (Wildman–Crippen MR) is 75.4 cm³/mol. The molecule has 0 bridgehead atoms. The molecule has 0 heterocycles. The highest BCUT2D eigenvalue weighted by molar-refractivity contribution is 6.30. The van der Waals surface area contributed by atoms with Crippen LogP contribution in [0.15, 0.2) is 24.3 Å². The van der Waals surface area contributed by atoms with Crippen LogP contribution in [0.25, 0.3) is 0 Å². The summed E-state index contributed by atoms with van der Waals surface area (Å²) in [4.78, 5) is 39.6. The zero-order valence-corrected chi connectivity index (χ0v) is 12.5. The zero-order valence-electron chi connectivity index (χ0n) is 11.7. The van der Waals surface area contributed by atoms with E-state index in [0.29, 0.717) is 5.02 Å². The standard InChI is InChI=1S/C14H16ClNO5/c1-3-11(13(18)20-4-2)14(19)21-16-12(17)9-5-7-10(15)8-6-9/h5-8,11H,3-4H2,1-2H3,(H,16,17). The second kappa shape index (κ2) is 8.26. The van der Waals surface area contributed by atoms with Gasteiger partial charge in [0, 0.05) is 10.6 Å². The maximum atomic E-state index is 11.7. The predicted octanol–water partition coefficient (Wildman–Crippen LogP) is 2.12. The first kappa shape index (κ1) is 17.0. The Balaban J connectivity index is 2.56. The van der Waals surface area contributed by atoms with Gasteiger partial charge in [-0.3, -0.25) is 9.59 Å². The summed E-state index contributed by atoms with van der Waals surface area (Å²) in [5, 5.41) is 0.483. The lowest BCUT2D eigenvalue weighted by Gasteiger charge is -2.12. The van der Waals surface area contributed by atoms with E-state index in [1.807, 2.05) is 5.48 Å². The molecule has 1 N–H and O–H groups in total. The van der Waals surface area contributed by atoms with Crippen LogP contribution in [0, 0.1) is 5.92 Å². The minimum atomic E-state index is -1.06. The molecule has 0 radical (unpaired) electrons. The number of benzene rings is 1. The molecule has 114 valence electrons. The zero-order chi connectivity index (χ0) is 15.8. The molecule has 1 aromatic carbocycles. The second-order valence-electron chi connectivity index (χ2n) is 4.07. The highest BCUT2D eigenvalue weighted by Crippen LogP contribution is 2.10. The van der Waals surface area contributed by atoms with Gasteiger partial charge in [0.15, 0.2) is 5.92 Å². The summed E-state index contributed by atoms with van der Waals surface area (Å²) in [7, 11) is 0. The number of ether oxygens (including phenoxy) is 1. The molecule has 0 aromatic heterocycles. The molecule has 7 heteroatoms. The maximum absolute atomic E-state index is 11.7. The molecule has 1 aromatic rings. The van der Waals surface area contributed by atoms with E-state index in [0.717, 1.165) is 0 Å². The van der Waals surface area contributed by atoms with Gasteiger partial charge in [0.25, 0.3) is 5.91 Å². The van der Waals surface area contributed by atoms with E-state index in [-0.39, 0.29) is 18.6 Å². The fraction of sp³-hybridized carbons (Fsp3) is 0.357. The van der Waals surface area contributed by atoms with Crippen molar-refractivity contribution in [3.05, 3.63) is 34.9 Å². The van der Waals surface area contributed by atoms with E-state index < -0.39 is 23.8 Å². The first-order valence-electron chi connectivity index (χ1n) is 6.42. The molecule has 6 nitrogen and oxygen atoms in total. The van der Waals surface area contributed by atoms with E-state index in [1.165, 1.54) is 24.3 Å². The van der Waals surface area contributed by atoms with Crippen LogP contribution >= 0.6 is 11.6 Å². The van der Waals surface area contributed by atoms with Gasteiger partial charge in [0.05, 0.1) is 6.61 Å². The first-order valence-corrected chi connectivity index (χ1v) is 6.80. The summed E-state index contributed by atoms with van der Waals surface area (Å²) in [6, 6.07) is 6.03. The fourth-order valence-corrected chi connectivity index (χ4v) is 1.63. The van der Waals surface area contributed by atoms with Crippen LogP contribution in [-0.4, -0.2) is 24.5 Å². The van der Waals surface area contributed by atoms with Crippen molar-refractivity contribution in [1.82, 2.24) is 5.48 Å². The van der Waals surface area contributed by atoms with Gasteiger partial charge in [0.1, 0.15) is 0 Å². The molecule has 0 spiro atoms. The SMILES string of the molecule is CCOC(=O)C(CC)C(=O)ONC(=O)c1ccc(Cl)cc1. The van der Waals surface area contributed by atoms with Crippen LogP contribution < -0.4 is 5.48 Å². The Morgan fingerprint density at radius 2 is 1.76 bits per heavy atom. The van der Waals surface area contributed by atoms with Gasteiger partial charge in [-0.05, 0) is 37.6 Å². The second-order valence-corrected chi connectivity index (χ2v) is 4.51. The van der Waals surface area contributed by atoms with Crippen molar-refractivity contribution in [2.45, 2.75) is 20.3 Å². The molecular weight excluding hydrogens is 298 g/mol. The number of hydrogen-bond donors (Lipinski definition) is 1. The molecule has 0 aliphatic rings. The molecule has 21 heavy (non-hydrogen) atoms. The molecule has 0 saturated carbocycles. The Hall–Kier alpha value is -2.08. The Morgan fingerprint density at radius 1 is 1.14 bits per heavy atom. The molecule has 1 atom stereocenters. The van der Waals surface area contributed by atoms with Crippen molar-refractivity contribution < 1.29 is 24.0 Å². The first-order chi connectivity index (χ1) is 9.99. The van der Waals surface area contributed by atoms with Crippen molar-refractivity contribution in [3.63, 3.8) is 0 Å². The quantitative estimate of drug-likeness (QED) is 0.511. The largest absolute Gasteiger partial charge is 0.465 e. The number of rotatable bonds is 5. The van der Waals surface area contributed by atoms with Crippen molar-refractivity contribution in [2.75, 3.05) is 6.61 Å². The fourth-order valence-electron chi connectivity index (χ4n) is 1.50. The monoisotopic (exact) mass is 313 g/mol. The maximum Gasteiger partial charge on any atom is 0.346 e. The van der Waals surface area contributed by atoms with Gasteiger partial charge in [-0.1, -0.05) is 18.5 Å². The van der Waals surface area contributed by atoms with Crippen LogP contribution in [0.5, 0.6) is 0 Å². The number of amides is 1. The van der Waals surface area contributed by atoms with E-state index >= 15 is 0 Å². The number of carbonyl (C=O) groups excluding carboxylic acids is 3. The lowest BCUT2D eigenvalue weighted by atomic mass is 10.1. The molecule has 1 amide bonds. The third kappa shape index (κ3) is 5.07. The van der Waals surface area contributed by atoms with E-state index in [9.17, 15) is 14.4 Å². The van der Waals surface area contributed by atoms with Crippen molar-refractivity contribution in [3.8, 4) is 0 Å². The highest BCUT2D eigenvalue weighted by Gasteiger charge is 2.28. The van der Waals surface area contributed by atoms with Gasteiger partial charge in [-0.25, -0.2) is 4.79 Å². The number of esters is 1. The summed E-state index contributed by atoms with van der Waals surface area (Å²) >= 11 is 5.70. The van der Waals surface area contributed by atoms with Crippen LogP contribution in [0.2, 0.25) is 5.02 Å². The third-order valence-electron chi connectivity index (χ3n) is 2.61. The molecular formula is C14H16ClNO5. The minimum absolute atomic E-state index is 0.166. The number of nitrogens with one attached hydrogen (secondary N) is 1. The Bertz CT molecular complexity index is 515. The van der Waals surface area contributed by atoms with E-state index in [1.54, 1.807) is 13.8 Å². The van der Waals surface area contributed by atoms with Gasteiger partial charge >= 0.3 is 11.9 Å². The summed E-state index contributed by atoms with van der Waals surface area (Å²) in [5.41, 5.74) is 2.27. The van der Waals surface area contributed by atoms with Crippen molar-refractivity contribution in [2.24, 2.45) is 5.92 Å². The Labute approximate surface area is 127 Å². The van der Waals surface area contributed by atoms with Crippen molar-refractivity contribution >= 4 is 29.4 Å². The number of hydroxylamine groups is 1. The van der Waals surface area contributed by atoms with Crippen LogP contribution in [0.3, 0.4) is 0 Å². The third-order valence-corrected chi connectivity index (χ3v) is 2.87. The topological polar surface area (TPSA) is 81.7 Å². The van der Waals surface area contributed by atoms with Gasteiger partial charge < -0.3 is 9.57 Å². The number of carbonyl (C=O) groups is 3. The smallest absolute Gasteiger partial charge is 0.346 e. The molecule has 0 aliphatic carbocycles. The summed E-state index contributed by atoms with van der Waals surface area (Å²) in [5.74, 6) is -3.21. The average Bonchev–Trinajstić information content (AvgIpc) is 2.46. The minimum Gasteiger partial charge on any atom is -0.465 e. The summed E-state index contributed by atoms with van der Waals surface area (Å²) < 4.78 is 4.75. The molecule has 0 saturated heterocycles. The molecule has 1 unspecified atom stereocenters. The Morgan fingerprint density at radius 3 is 2.29 bits per heavy atom. The van der Waals surface area contributed by atoms with Gasteiger partial charge in [-0.2, -0.15) is 5.48 Å². The summed E-state index contributed by atoms with van der Waals surface area (Å²) in [6.07, 6.45) is 0.217. The summed E-state index contributed by atoms with van der Waals surface area (Å²) in [6.45, 7) is 3.45. The normalized spacial score (nSPS) is 11.4. The molecule has 0 aliphatic heterocycles. The van der Waals surface area contributed by atoms with Gasteiger partial charge in [0.2, 0.25) is 0 Å².